The van der Waals surface area contributed by atoms with E-state index in [4.69, 9.17) is 4.74 Å². The van der Waals surface area contributed by atoms with Gasteiger partial charge in [0.15, 0.2) is 0 Å². The molecule has 0 unspecified atom stereocenters. The monoisotopic (exact) mass is 316 g/mol. The van der Waals surface area contributed by atoms with E-state index < -0.39 is 0 Å². The van der Waals surface area contributed by atoms with Gasteiger partial charge in [0.25, 0.3) is 0 Å². The molecule has 23 heavy (non-hydrogen) atoms. The summed E-state index contributed by atoms with van der Waals surface area (Å²) in [6, 6.07) is 0. The Bertz CT molecular complexity index is 546. The van der Waals surface area contributed by atoms with Crippen LogP contribution < -0.4 is 0 Å². The van der Waals surface area contributed by atoms with Gasteiger partial charge in [0.05, 0.1) is 7.11 Å². The van der Waals surface area contributed by atoms with E-state index in [1.807, 2.05) is 6.92 Å². The predicted molar refractivity (Wildman–Crippen MR) is 93.9 cm³/mol. The molecule has 0 amide bonds. The summed E-state index contributed by atoms with van der Waals surface area (Å²) >= 11 is 0. The van der Waals surface area contributed by atoms with Crippen LogP contribution >= 0.6 is 0 Å². The number of rotatable bonds is 4. The van der Waals surface area contributed by atoms with Crippen LogP contribution in [0.15, 0.2) is 23.8 Å². The molecule has 3 saturated carbocycles. The maximum atomic E-state index is 11.4. The van der Waals surface area contributed by atoms with E-state index >= 15 is 0 Å². The van der Waals surface area contributed by atoms with Gasteiger partial charge in [0.2, 0.25) is 0 Å². The minimum absolute atomic E-state index is 0.236. The fraction of sp³-hybridized carbons (Fsp3) is 0.762. The van der Waals surface area contributed by atoms with Crippen LogP contribution in [0.25, 0.3) is 0 Å². The van der Waals surface area contributed by atoms with Gasteiger partial charge in [-0.15, -0.1) is 0 Å². The number of ether oxygens (including phenoxy) is 1. The number of methoxy groups -OCH3 is 1. The first-order valence-electron chi connectivity index (χ1n) is 9.24. The lowest BCUT2D eigenvalue weighted by Crippen LogP contribution is -2.46. The summed E-state index contributed by atoms with van der Waals surface area (Å²) in [5, 5.41) is 0. The van der Waals surface area contributed by atoms with Crippen molar-refractivity contribution in [1.29, 1.82) is 0 Å². The number of carbonyl (C=O) groups is 1. The molecule has 128 valence electrons. The molecule has 0 aliphatic heterocycles. The molecule has 0 aromatic rings. The van der Waals surface area contributed by atoms with Crippen LogP contribution in [0.3, 0.4) is 0 Å². The third kappa shape index (κ3) is 2.79. The van der Waals surface area contributed by atoms with Crippen molar-refractivity contribution in [2.45, 2.75) is 65.7 Å². The van der Waals surface area contributed by atoms with Crippen LogP contribution in [-0.2, 0) is 9.53 Å². The quantitative estimate of drug-likeness (QED) is 0.400. The van der Waals surface area contributed by atoms with Crippen LogP contribution in [0.2, 0.25) is 0 Å². The lowest BCUT2D eigenvalue weighted by atomic mass is 9.50. The van der Waals surface area contributed by atoms with Crippen molar-refractivity contribution in [3.63, 3.8) is 0 Å². The van der Waals surface area contributed by atoms with Gasteiger partial charge in [0.1, 0.15) is 0 Å². The molecule has 0 spiro atoms. The predicted octanol–water partition coefficient (Wildman–Crippen LogP) is 5.29. The van der Waals surface area contributed by atoms with E-state index in [0.717, 1.165) is 30.3 Å². The Morgan fingerprint density at radius 3 is 2.78 bits per heavy atom. The van der Waals surface area contributed by atoms with Crippen LogP contribution in [0.1, 0.15) is 65.7 Å². The van der Waals surface area contributed by atoms with Crippen molar-refractivity contribution in [3.05, 3.63) is 23.8 Å². The van der Waals surface area contributed by atoms with Crippen LogP contribution in [0.5, 0.6) is 0 Å². The van der Waals surface area contributed by atoms with Gasteiger partial charge in [-0.3, -0.25) is 0 Å². The van der Waals surface area contributed by atoms with Gasteiger partial charge in [0, 0.05) is 6.08 Å². The van der Waals surface area contributed by atoms with Crippen LogP contribution in [0, 0.1) is 28.6 Å². The molecule has 3 fully saturated rings. The molecular weight excluding hydrogens is 284 g/mol. The Kier molecular flexibility index (Phi) is 4.23. The highest BCUT2D eigenvalue weighted by molar-refractivity contribution is 5.82. The smallest absolute Gasteiger partial charge is 0.330 e. The molecule has 0 N–H and O–H groups in total. The molecule has 0 aromatic carbocycles. The van der Waals surface area contributed by atoms with Crippen LogP contribution in [0.4, 0.5) is 0 Å². The summed E-state index contributed by atoms with van der Waals surface area (Å²) in [5.41, 5.74) is 3.62. The summed E-state index contributed by atoms with van der Waals surface area (Å²) in [4.78, 5) is 11.4. The van der Waals surface area contributed by atoms with Crippen molar-refractivity contribution in [2.24, 2.45) is 28.6 Å². The maximum absolute atomic E-state index is 11.4. The Hall–Kier alpha value is -1.05. The summed E-state index contributed by atoms with van der Waals surface area (Å²) in [7, 11) is 1.44. The minimum atomic E-state index is -0.236. The van der Waals surface area contributed by atoms with Crippen molar-refractivity contribution in [2.75, 3.05) is 7.11 Å². The number of hydrogen-bond donors (Lipinski definition) is 0. The maximum Gasteiger partial charge on any atom is 0.330 e. The average Bonchev–Trinajstić information content (AvgIpc) is 3.17. The number of fused-ring (bicyclic) bond motifs is 3. The molecule has 3 rings (SSSR count). The summed E-state index contributed by atoms with van der Waals surface area (Å²) in [6.45, 7) is 11.5. The Balaban J connectivity index is 1.73. The Morgan fingerprint density at radius 1 is 1.35 bits per heavy atom. The van der Waals surface area contributed by atoms with Crippen molar-refractivity contribution >= 4 is 5.97 Å². The van der Waals surface area contributed by atoms with E-state index in [1.165, 1.54) is 44.8 Å². The molecule has 5 atom stereocenters. The molecule has 0 aromatic heterocycles. The van der Waals surface area contributed by atoms with Crippen molar-refractivity contribution in [3.8, 4) is 0 Å². The number of esters is 1. The second-order valence-electron chi connectivity index (χ2n) is 8.81. The zero-order chi connectivity index (χ0) is 16.8. The van der Waals surface area contributed by atoms with Crippen molar-refractivity contribution in [1.82, 2.24) is 0 Å². The number of carbonyl (C=O) groups excluding carboxylic acids is 1. The first-order valence-corrected chi connectivity index (χ1v) is 9.24. The highest BCUT2D eigenvalue weighted by Crippen LogP contribution is 2.73. The van der Waals surface area contributed by atoms with Crippen LogP contribution in [-0.4, -0.2) is 13.1 Å². The third-order valence-electron chi connectivity index (χ3n) is 7.52. The highest BCUT2D eigenvalue weighted by atomic mass is 16.5. The minimum Gasteiger partial charge on any atom is -0.466 e. The van der Waals surface area contributed by atoms with Gasteiger partial charge < -0.3 is 4.74 Å². The van der Waals surface area contributed by atoms with E-state index in [9.17, 15) is 4.79 Å². The second kappa shape index (κ2) is 5.79. The van der Waals surface area contributed by atoms with Gasteiger partial charge >= 0.3 is 5.97 Å². The molecule has 0 radical (unpaired) electrons. The fourth-order valence-corrected chi connectivity index (χ4v) is 6.03. The molecule has 2 nitrogen and oxygen atoms in total. The first-order chi connectivity index (χ1) is 10.8. The Morgan fingerprint density at radius 2 is 2.09 bits per heavy atom. The van der Waals surface area contributed by atoms with Gasteiger partial charge in [-0.2, -0.15) is 0 Å². The largest absolute Gasteiger partial charge is 0.466 e. The topological polar surface area (TPSA) is 26.3 Å². The first kappa shape index (κ1) is 16.8. The molecule has 3 aliphatic rings. The van der Waals surface area contributed by atoms with E-state index in [1.54, 1.807) is 6.08 Å². The fourth-order valence-electron chi connectivity index (χ4n) is 6.03. The number of allylic oxidation sites excluding steroid dienone is 2. The molecule has 2 heteroatoms. The van der Waals surface area contributed by atoms with E-state index in [-0.39, 0.29) is 5.97 Å². The lowest BCUT2D eigenvalue weighted by Gasteiger charge is -2.54. The zero-order valence-electron chi connectivity index (χ0n) is 15.3. The standard InChI is InChI=1S/C21H32O2/c1-14(12-19(22)23-5)6-8-17-15(2)7-9-18-20(17,3)11-10-16-13-21(16,18)4/h12,16-18H,2,6-11,13H2,1,3-5H3/b14-12-/t16-,17-,18+,20+,21+/m1/s1. The third-order valence-corrected chi connectivity index (χ3v) is 7.52. The molecule has 0 saturated heterocycles. The normalized spacial score (nSPS) is 42.7. The summed E-state index contributed by atoms with van der Waals surface area (Å²) < 4.78 is 4.74. The zero-order valence-corrected chi connectivity index (χ0v) is 15.3. The lowest BCUT2D eigenvalue weighted by molar-refractivity contribution is -0.134. The molecule has 0 heterocycles. The van der Waals surface area contributed by atoms with Crippen molar-refractivity contribution < 1.29 is 9.53 Å². The number of hydrogen-bond acceptors (Lipinski definition) is 2. The molecule has 0 bridgehead atoms. The summed E-state index contributed by atoms with van der Waals surface area (Å²) in [6.07, 6.45) is 10.5. The van der Waals surface area contributed by atoms with Gasteiger partial charge in [-0.1, -0.05) is 31.6 Å². The van der Waals surface area contributed by atoms with E-state index in [2.05, 4.69) is 20.4 Å². The summed E-state index contributed by atoms with van der Waals surface area (Å²) in [5.74, 6) is 2.24. The van der Waals surface area contributed by atoms with Gasteiger partial charge in [-0.05, 0) is 80.5 Å². The SMILES string of the molecule is C=C1CC[C@@H]2[C@@]3(C)C[C@H]3CC[C@@]2(C)[C@@H]1CC/C(C)=C\C(=O)OC. The van der Waals surface area contributed by atoms with Gasteiger partial charge in [-0.25, -0.2) is 4.79 Å². The highest BCUT2D eigenvalue weighted by Gasteiger charge is 2.64. The average molecular weight is 316 g/mol. The molecular formula is C21H32O2. The second-order valence-corrected chi connectivity index (χ2v) is 8.81. The van der Waals surface area contributed by atoms with E-state index in [0.29, 0.717) is 16.7 Å². The Labute approximate surface area is 141 Å². The molecule has 3 aliphatic carbocycles.